The van der Waals surface area contributed by atoms with Crippen molar-refractivity contribution in [1.29, 1.82) is 0 Å². The standard InChI is InChI=1S/C9H18O4/c1-4-12-8(10)6-5-7-13-9(2,3)11/h11H,4-7H2,1-3H3. The molecule has 0 saturated heterocycles. The summed E-state index contributed by atoms with van der Waals surface area (Å²) < 4.78 is 9.72. The monoisotopic (exact) mass is 190 g/mol. The number of aliphatic hydroxyl groups is 1. The third-order valence-corrected chi connectivity index (χ3v) is 1.29. The van der Waals surface area contributed by atoms with Gasteiger partial charge in [-0.05, 0) is 27.2 Å². The molecule has 0 aliphatic heterocycles. The maximum absolute atomic E-state index is 10.8. The maximum Gasteiger partial charge on any atom is 0.305 e. The summed E-state index contributed by atoms with van der Waals surface area (Å²) in [5.74, 6) is -1.34. The number of hydrogen-bond donors (Lipinski definition) is 1. The zero-order valence-corrected chi connectivity index (χ0v) is 8.50. The first kappa shape index (κ1) is 12.4. The van der Waals surface area contributed by atoms with Crippen LogP contribution < -0.4 is 0 Å². The van der Waals surface area contributed by atoms with Crippen LogP contribution >= 0.6 is 0 Å². The quantitative estimate of drug-likeness (QED) is 0.387. The molecule has 0 aromatic heterocycles. The van der Waals surface area contributed by atoms with Crippen molar-refractivity contribution >= 4 is 5.97 Å². The van der Waals surface area contributed by atoms with Crippen molar-refractivity contribution in [3.05, 3.63) is 0 Å². The van der Waals surface area contributed by atoms with Crippen LogP contribution in [0.4, 0.5) is 0 Å². The highest BCUT2D eigenvalue weighted by Gasteiger charge is 2.11. The van der Waals surface area contributed by atoms with Gasteiger partial charge in [0.15, 0.2) is 5.79 Å². The van der Waals surface area contributed by atoms with E-state index in [4.69, 9.17) is 14.6 Å². The minimum atomic E-state index is -1.12. The molecule has 0 aromatic rings. The van der Waals surface area contributed by atoms with Gasteiger partial charge in [0.25, 0.3) is 0 Å². The van der Waals surface area contributed by atoms with Crippen LogP contribution in [0.5, 0.6) is 0 Å². The number of esters is 1. The van der Waals surface area contributed by atoms with Gasteiger partial charge in [-0.25, -0.2) is 0 Å². The Morgan fingerprint density at radius 3 is 2.54 bits per heavy atom. The predicted octanol–water partition coefficient (Wildman–Crippen LogP) is 1.07. The largest absolute Gasteiger partial charge is 0.466 e. The molecule has 4 nitrogen and oxygen atoms in total. The zero-order chi connectivity index (χ0) is 10.3. The van der Waals surface area contributed by atoms with Gasteiger partial charge in [0, 0.05) is 6.42 Å². The molecule has 1 N–H and O–H groups in total. The predicted molar refractivity (Wildman–Crippen MR) is 48.1 cm³/mol. The summed E-state index contributed by atoms with van der Waals surface area (Å²) in [5, 5.41) is 9.15. The Hall–Kier alpha value is -0.610. The SMILES string of the molecule is CCOC(=O)CCCOC(C)(C)O. The van der Waals surface area contributed by atoms with Crippen LogP contribution in [0.1, 0.15) is 33.6 Å². The number of rotatable bonds is 6. The second-order valence-corrected chi connectivity index (χ2v) is 3.20. The lowest BCUT2D eigenvalue weighted by molar-refractivity contribution is -0.177. The molecule has 0 aromatic carbocycles. The number of hydrogen-bond acceptors (Lipinski definition) is 4. The van der Waals surface area contributed by atoms with E-state index < -0.39 is 5.79 Å². The highest BCUT2D eigenvalue weighted by atomic mass is 16.6. The first-order chi connectivity index (χ1) is 5.95. The van der Waals surface area contributed by atoms with Crippen LogP contribution in [0.25, 0.3) is 0 Å². The molecule has 13 heavy (non-hydrogen) atoms. The number of carbonyl (C=O) groups is 1. The van der Waals surface area contributed by atoms with Crippen molar-refractivity contribution in [2.75, 3.05) is 13.2 Å². The minimum absolute atomic E-state index is 0.221. The molecule has 0 saturated carbocycles. The Morgan fingerprint density at radius 2 is 2.08 bits per heavy atom. The summed E-state index contributed by atoms with van der Waals surface area (Å²) in [6.45, 7) is 5.65. The van der Waals surface area contributed by atoms with Crippen molar-refractivity contribution in [2.24, 2.45) is 0 Å². The van der Waals surface area contributed by atoms with Crippen LogP contribution in [0.2, 0.25) is 0 Å². The Morgan fingerprint density at radius 1 is 1.46 bits per heavy atom. The molecule has 0 bridgehead atoms. The zero-order valence-electron chi connectivity index (χ0n) is 8.50. The van der Waals surface area contributed by atoms with Crippen molar-refractivity contribution in [1.82, 2.24) is 0 Å². The van der Waals surface area contributed by atoms with E-state index in [0.717, 1.165) is 0 Å². The van der Waals surface area contributed by atoms with Crippen molar-refractivity contribution in [2.45, 2.75) is 39.4 Å². The lowest BCUT2D eigenvalue weighted by Gasteiger charge is -2.17. The summed E-state index contributed by atoms with van der Waals surface area (Å²) in [4.78, 5) is 10.8. The van der Waals surface area contributed by atoms with E-state index in [0.29, 0.717) is 26.1 Å². The molecule has 0 aliphatic rings. The van der Waals surface area contributed by atoms with Crippen molar-refractivity contribution in [3.8, 4) is 0 Å². The molecule has 0 heterocycles. The molecule has 0 radical (unpaired) electrons. The van der Waals surface area contributed by atoms with E-state index in [1.807, 2.05) is 0 Å². The van der Waals surface area contributed by atoms with E-state index in [9.17, 15) is 4.79 Å². The lowest BCUT2D eigenvalue weighted by Crippen LogP contribution is -2.24. The van der Waals surface area contributed by atoms with E-state index >= 15 is 0 Å². The minimum Gasteiger partial charge on any atom is -0.466 e. The molecule has 0 atom stereocenters. The van der Waals surface area contributed by atoms with Crippen molar-refractivity contribution in [3.63, 3.8) is 0 Å². The van der Waals surface area contributed by atoms with E-state index in [1.54, 1.807) is 20.8 Å². The number of carbonyl (C=O) groups excluding carboxylic acids is 1. The first-order valence-electron chi connectivity index (χ1n) is 4.47. The fraction of sp³-hybridized carbons (Fsp3) is 0.889. The van der Waals surface area contributed by atoms with E-state index in [2.05, 4.69) is 0 Å². The van der Waals surface area contributed by atoms with Crippen LogP contribution in [-0.2, 0) is 14.3 Å². The third-order valence-electron chi connectivity index (χ3n) is 1.29. The molecular formula is C9H18O4. The molecule has 0 spiro atoms. The lowest BCUT2D eigenvalue weighted by atomic mass is 10.3. The average molecular weight is 190 g/mol. The van der Waals surface area contributed by atoms with Gasteiger partial charge in [0.05, 0.1) is 13.2 Å². The van der Waals surface area contributed by atoms with E-state index in [-0.39, 0.29) is 5.97 Å². The second kappa shape index (κ2) is 5.94. The highest BCUT2D eigenvalue weighted by molar-refractivity contribution is 5.69. The second-order valence-electron chi connectivity index (χ2n) is 3.20. The average Bonchev–Trinajstić information content (AvgIpc) is 1.97. The Kier molecular flexibility index (Phi) is 5.66. The van der Waals surface area contributed by atoms with Crippen LogP contribution in [-0.4, -0.2) is 30.1 Å². The van der Waals surface area contributed by atoms with Gasteiger partial charge >= 0.3 is 5.97 Å². The Labute approximate surface area is 78.8 Å². The number of ether oxygens (including phenoxy) is 2. The summed E-state index contributed by atoms with van der Waals surface area (Å²) in [6, 6.07) is 0. The smallest absolute Gasteiger partial charge is 0.305 e. The summed E-state index contributed by atoms with van der Waals surface area (Å²) in [5.41, 5.74) is 0. The first-order valence-corrected chi connectivity index (χ1v) is 4.47. The van der Waals surface area contributed by atoms with Gasteiger partial charge in [-0.15, -0.1) is 0 Å². The van der Waals surface area contributed by atoms with Crippen LogP contribution in [0.15, 0.2) is 0 Å². The van der Waals surface area contributed by atoms with Gasteiger partial charge in [0.1, 0.15) is 0 Å². The van der Waals surface area contributed by atoms with Gasteiger partial charge in [-0.3, -0.25) is 4.79 Å². The van der Waals surface area contributed by atoms with Gasteiger partial charge < -0.3 is 14.6 Å². The summed E-state index contributed by atoms with van der Waals surface area (Å²) in [7, 11) is 0. The molecular weight excluding hydrogens is 172 g/mol. The van der Waals surface area contributed by atoms with Gasteiger partial charge in [0.2, 0.25) is 0 Å². The molecule has 0 aliphatic carbocycles. The maximum atomic E-state index is 10.8. The molecule has 4 heteroatoms. The molecule has 0 amide bonds. The van der Waals surface area contributed by atoms with Crippen LogP contribution in [0.3, 0.4) is 0 Å². The van der Waals surface area contributed by atoms with Gasteiger partial charge in [-0.1, -0.05) is 0 Å². The summed E-state index contributed by atoms with van der Waals surface area (Å²) in [6.07, 6.45) is 0.909. The topological polar surface area (TPSA) is 55.8 Å². The fourth-order valence-electron chi connectivity index (χ4n) is 0.772. The van der Waals surface area contributed by atoms with Crippen molar-refractivity contribution < 1.29 is 19.4 Å². The molecule has 0 unspecified atom stereocenters. The Bertz CT molecular complexity index is 148. The highest BCUT2D eigenvalue weighted by Crippen LogP contribution is 2.04. The Balaban J connectivity index is 3.31. The molecule has 78 valence electrons. The molecule has 0 fully saturated rings. The van der Waals surface area contributed by atoms with Gasteiger partial charge in [-0.2, -0.15) is 0 Å². The molecule has 0 rings (SSSR count). The van der Waals surface area contributed by atoms with Crippen LogP contribution in [0, 0.1) is 0 Å². The fourth-order valence-corrected chi connectivity index (χ4v) is 0.772. The summed E-state index contributed by atoms with van der Waals surface area (Å²) >= 11 is 0. The normalized spacial score (nSPS) is 11.4. The van der Waals surface area contributed by atoms with E-state index in [1.165, 1.54) is 0 Å². The third kappa shape index (κ3) is 9.30.